The maximum atomic E-state index is 11.5. The minimum atomic E-state index is -0.111. The Morgan fingerprint density at radius 2 is 2.06 bits per heavy atom. The van der Waals surface area contributed by atoms with E-state index in [0.717, 1.165) is 44.5 Å². The number of nitrogens with two attached hydrogens (primary N) is 2. The maximum absolute atomic E-state index is 11.5. The lowest BCUT2D eigenvalue weighted by molar-refractivity contribution is -0.119. The number of amides is 1. The first-order valence-corrected chi connectivity index (χ1v) is 13.0. The molecule has 190 valence electrons. The number of fused-ring (bicyclic) bond motifs is 1. The van der Waals surface area contributed by atoms with Crippen molar-refractivity contribution < 1.29 is 9.53 Å². The molecule has 1 aromatic carbocycles. The number of aryl methyl sites for hydroxylation is 1. The smallest absolute Gasteiger partial charge is 0.217 e. The Balaban J connectivity index is 1.69. The number of carbonyl (C=O) groups is 1. The van der Waals surface area contributed by atoms with Gasteiger partial charge in [0.15, 0.2) is 0 Å². The molecule has 2 aromatic heterocycles. The lowest BCUT2D eigenvalue weighted by atomic mass is 10.0. The van der Waals surface area contributed by atoms with Crippen LogP contribution in [0.1, 0.15) is 49.3 Å². The van der Waals surface area contributed by atoms with E-state index >= 15 is 0 Å². The third-order valence-electron chi connectivity index (χ3n) is 6.01. The van der Waals surface area contributed by atoms with Gasteiger partial charge in [-0.2, -0.15) is 0 Å². The van der Waals surface area contributed by atoms with E-state index in [1.165, 1.54) is 18.7 Å². The zero-order valence-electron chi connectivity index (χ0n) is 21.2. The number of thioether (sulfide) groups is 1. The quantitative estimate of drug-likeness (QED) is 0.324. The standard InChI is InChI=1S/C26H33N7O2S/c1-15(2)24-16(3)31-23(12-29-17(4)34)32-25(24)33-7-8-35-22-6-5-18(9-20(22)13-33)19-10-21(28)26(30-11-19)36-14-27/h5-6,9-11,15H,7-8,12-14,27-28H2,1-4H3,(H,29,34). The van der Waals surface area contributed by atoms with Crippen LogP contribution in [-0.4, -0.2) is 39.9 Å². The fourth-order valence-corrected chi connectivity index (χ4v) is 4.91. The molecule has 4 rings (SSSR count). The lowest BCUT2D eigenvalue weighted by Crippen LogP contribution is -2.29. The number of rotatable bonds is 7. The highest BCUT2D eigenvalue weighted by atomic mass is 32.2. The van der Waals surface area contributed by atoms with E-state index in [-0.39, 0.29) is 11.8 Å². The van der Waals surface area contributed by atoms with Gasteiger partial charge in [0.05, 0.1) is 18.8 Å². The third-order valence-corrected chi connectivity index (χ3v) is 6.79. The van der Waals surface area contributed by atoms with Crippen molar-refractivity contribution in [1.29, 1.82) is 0 Å². The first-order chi connectivity index (χ1) is 17.3. The summed E-state index contributed by atoms with van der Waals surface area (Å²) < 4.78 is 6.11. The monoisotopic (exact) mass is 507 g/mol. The number of nitrogens with one attached hydrogen (secondary N) is 1. The molecule has 0 atom stereocenters. The predicted octanol–water partition coefficient (Wildman–Crippen LogP) is 3.60. The van der Waals surface area contributed by atoms with Gasteiger partial charge >= 0.3 is 0 Å². The van der Waals surface area contributed by atoms with Crippen LogP contribution in [0, 0.1) is 6.92 Å². The van der Waals surface area contributed by atoms with E-state index in [4.69, 9.17) is 21.2 Å². The molecule has 1 aliphatic heterocycles. The van der Waals surface area contributed by atoms with Gasteiger partial charge in [-0.15, -0.1) is 0 Å². The number of nitrogen functional groups attached to an aromatic ring is 1. The number of hydrogen-bond acceptors (Lipinski definition) is 9. The summed E-state index contributed by atoms with van der Waals surface area (Å²) in [6, 6.07) is 8.09. The van der Waals surface area contributed by atoms with Crippen LogP contribution in [0.3, 0.4) is 0 Å². The second-order valence-electron chi connectivity index (χ2n) is 9.05. The molecule has 0 radical (unpaired) electrons. The number of pyridine rings is 1. The van der Waals surface area contributed by atoms with Gasteiger partial charge in [-0.1, -0.05) is 31.7 Å². The van der Waals surface area contributed by atoms with Crippen molar-refractivity contribution in [3.63, 3.8) is 0 Å². The molecule has 3 aromatic rings. The van der Waals surface area contributed by atoms with Gasteiger partial charge in [-0.25, -0.2) is 15.0 Å². The Labute approximate surface area is 216 Å². The highest BCUT2D eigenvalue weighted by molar-refractivity contribution is 7.99. The molecule has 0 bridgehead atoms. The van der Waals surface area contributed by atoms with Crippen molar-refractivity contribution in [3.8, 4) is 16.9 Å². The van der Waals surface area contributed by atoms with E-state index in [9.17, 15) is 4.79 Å². The lowest BCUT2D eigenvalue weighted by Gasteiger charge is -2.26. The minimum Gasteiger partial charge on any atom is -0.491 e. The van der Waals surface area contributed by atoms with Crippen LogP contribution in [0.15, 0.2) is 35.5 Å². The van der Waals surface area contributed by atoms with Crippen LogP contribution < -0.4 is 26.4 Å². The molecule has 10 heteroatoms. The molecule has 0 fully saturated rings. The van der Waals surface area contributed by atoms with E-state index in [0.29, 0.717) is 43.6 Å². The fraction of sp³-hybridized carbons (Fsp3) is 0.385. The molecule has 5 N–H and O–H groups in total. The number of ether oxygens (including phenoxy) is 1. The van der Waals surface area contributed by atoms with E-state index in [1.54, 1.807) is 0 Å². The normalized spacial score (nSPS) is 13.2. The number of anilines is 2. The average molecular weight is 508 g/mol. The molecule has 0 spiro atoms. The van der Waals surface area contributed by atoms with Crippen LogP contribution in [0.25, 0.3) is 11.1 Å². The van der Waals surface area contributed by atoms with Gasteiger partial charge in [-0.05, 0) is 36.6 Å². The predicted molar refractivity (Wildman–Crippen MR) is 144 cm³/mol. The summed E-state index contributed by atoms with van der Waals surface area (Å²) in [5.74, 6) is 2.89. The molecule has 0 aliphatic carbocycles. The molecule has 36 heavy (non-hydrogen) atoms. The number of hydrogen-bond donors (Lipinski definition) is 3. The van der Waals surface area contributed by atoms with E-state index in [1.807, 2.05) is 31.3 Å². The summed E-state index contributed by atoms with van der Waals surface area (Å²) in [4.78, 5) is 27.7. The molecular weight excluding hydrogens is 474 g/mol. The Bertz CT molecular complexity index is 1270. The summed E-state index contributed by atoms with van der Waals surface area (Å²) in [6.07, 6.45) is 1.82. The zero-order chi connectivity index (χ0) is 25.8. The van der Waals surface area contributed by atoms with Crippen LogP contribution in [0.5, 0.6) is 5.75 Å². The zero-order valence-corrected chi connectivity index (χ0v) is 22.0. The van der Waals surface area contributed by atoms with Gasteiger partial charge in [0.2, 0.25) is 5.91 Å². The van der Waals surface area contributed by atoms with Crippen molar-refractivity contribution in [3.05, 3.63) is 53.1 Å². The number of benzene rings is 1. The van der Waals surface area contributed by atoms with Crippen molar-refractivity contribution >= 4 is 29.2 Å². The topological polar surface area (TPSA) is 132 Å². The maximum Gasteiger partial charge on any atom is 0.217 e. The summed E-state index contributed by atoms with van der Waals surface area (Å²) in [7, 11) is 0. The van der Waals surface area contributed by atoms with Crippen molar-refractivity contribution in [2.75, 3.05) is 29.7 Å². The van der Waals surface area contributed by atoms with E-state index < -0.39 is 0 Å². The second kappa shape index (κ2) is 11.1. The highest BCUT2D eigenvalue weighted by Gasteiger charge is 2.24. The van der Waals surface area contributed by atoms with Crippen LogP contribution in [0.2, 0.25) is 0 Å². The summed E-state index contributed by atoms with van der Waals surface area (Å²) in [5.41, 5.74) is 17.5. The van der Waals surface area contributed by atoms with Gasteiger partial charge in [0.1, 0.15) is 29.0 Å². The van der Waals surface area contributed by atoms with Crippen molar-refractivity contribution in [1.82, 2.24) is 20.3 Å². The fourth-order valence-electron chi connectivity index (χ4n) is 4.40. The number of nitrogens with zero attached hydrogens (tertiary/aromatic N) is 4. The van der Waals surface area contributed by atoms with Crippen molar-refractivity contribution in [2.45, 2.75) is 51.7 Å². The largest absolute Gasteiger partial charge is 0.491 e. The number of aromatic nitrogens is 3. The molecule has 0 saturated carbocycles. The Kier molecular flexibility index (Phi) is 7.95. The molecular formula is C26H33N7O2S. The Hall–Kier alpha value is -3.37. The van der Waals surface area contributed by atoms with Gasteiger partial charge in [0.25, 0.3) is 0 Å². The SMILES string of the molecule is CC(=O)NCc1nc(C)c(C(C)C)c(N2CCOc3ccc(-c4cnc(SCN)c(N)c4)cc3C2)n1. The Morgan fingerprint density at radius 3 is 2.75 bits per heavy atom. The highest BCUT2D eigenvalue weighted by Crippen LogP contribution is 2.35. The summed E-state index contributed by atoms with van der Waals surface area (Å²) in [5, 5.41) is 3.54. The van der Waals surface area contributed by atoms with Crippen molar-refractivity contribution in [2.24, 2.45) is 5.73 Å². The molecule has 0 unspecified atom stereocenters. The summed E-state index contributed by atoms with van der Waals surface area (Å²) >= 11 is 1.42. The van der Waals surface area contributed by atoms with Gasteiger partial charge < -0.3 is 26.4 Å². The van der Waals surface area contributed by atoms with Crippen LogP contribution in [-0.2, 0) is 17.9 Å². The number of carbonyl (C=O) groups excluding carboxylic acids is 1. The van der Waals surface area contributed by atoms with E-state index in [2.05, 4.69) is 40.1 Å². The molecule has 3 heterocycles. The first kappa shape index (κ1) is 25.7. The molecule has 9 nitrogen and oxygen atoms in total. The molecule has 1 aliphatic rings. The van der Waals surface area contributed by atoms with Gasteiger partial charge in [-0.3, -0.25) is 4.79 Å². The van der Waals surface area contributed by atoms with Crippen LogP contribution in [0.4, 0.5) is 11.5 Å². The van der Waals surface area contributed by atoms with Gasteiger partial charge in [0, 0.05) is 47.9 Å². The minimum absolute atomic E-state index is 0.111. The van der Waals surface area contributed by atoms with Crippen LogP contribution >= 0.6 is 11.8 Å². The Morgan fingerprint density at radius 1 is 1.25 bits per heavy atom. The molecule has 0 saturated heterocycles. The second-order valence-corrected chi connectivity index (χ2v) is 10.1. The summed E-state index contributed by atoms with van der Waals surface area (Å²) in [6.45, 7) is 9.92. The first-order valence-electron chi connectivity index (χ1n) is 12.0. The molecule has 1 amide bonds. The average Bonchev–Trinajstić information content (AvgIpc) is 3.05. The third kappa shape index (κ3) is 5.71.